The van der Waals surface area contributed by atoms with Gasteiger partial charge in [-0.1, -0.05) is 42.5 Å². The first-order chi connectivity index (χ1) is 12.1. The van der Waals surface area contributed by atoms with Crippen molar-refractivity contribution in [1.29, 1.82) is 0 Å². The molecule has 1 N–H and O–H groups in total. The molecule has 1 amide bonds. The molecule has 25 heavy (non-hydrogen) atoms. The molecule has 2 aromatic rings. The first-order valence-electron chi connectivity index (χ1n) is 7.74. The van der Waals surface area contributed by atoms with Crippen LogP contribution in [0.25, 0.3) is 6.08 Å². The number of hydrogen-bond donors (Lipinski definition) is 1. The third-order valence-corrected chi connectivity index (χ3v) is 3.42. The Kier molecular flexibility index (Phi) is 4.85. The molecule has 1 aliphatic rings. The Balaban J connectivity index is 1.74. The summed E-state index contributed by atoms with van der Waals surface area (Å²) in [6, 6.07) is 16.7. The average molecular weight is 332 g/mol. The van der Waals surface area contributed by atoms with E-state index in [2.05, 4.69) is 10.3 Å². The molecular weight excluding hydrogens is 316 g/mol. The third kappa shape index (κ3) is 4.29. The van der Waals surface area contributed by atoms with Gasteiger partial charge in [-0.3, -0.25) is 4.79 Å². The zero-order chi connectivity index (χ0) is 17.6. The molecule has 1 heterocycles. The number of rotatable bonds is 4. The number of allylic oxidation sites excluding steroid dienone is 2. The topological polar surface area (TPSA) is 67.8 Å². The number of benzene rings is 2. The van der Waals surface area contributed by atoms with Gasteiger partial charge in [0.2, 0.25) is 11.8 Å². The number of aliphatic imine (C=N–C) groups is 1. The molecule has 3 rings (SSSR count). The number of hydrogen-bond acceptors (Lipinski definition) is 4. The Bertz CT molecular complexity index is 879. The summed E-state index contributed by atoms with van der Waals surface area (Å²) >= 11 is 0. The van der Waals surface area contributed by atoms with E-state index >= 15 is 0 Å². The summed E-state index contributed by atoms with van der Waals surface area (Å²) in [5.74, 6) is -0.384. The van der Waals surface area contributed by atoms with Gasteiger partial charge in [-0.15, -0.1) is 0 Å². The number of carbonyl (C=O) groups is 2. The number of esters is 1. The average Bonchev–Trinajstić information content (AvgIpc) is 2.97. The Morgan fingerprint density at radius 2 is 1.80 bits per heavy atom. The quantitative estimate of drug-likeness (QED) is 0.688. The molecule has 0 aliphatic carbocycles. The Morgan fingerprint density at radius 1 is 1.08 bits per heavy atom. The molecule has 0 radical (unpaired) electrons. The zero-order valence-electron chi connectivity index (χ0n) is 13.6. The van der Waals surface area contributed by atoms with Crippen molar-refractivity contribution in [1.82, 2.24) is 0 Å². The fourth-order valence-electron chi connectivity index (χ4n) is 2.26. The van der Waals surface area contributed by atoms with Crippen molar-refractivity contribution in [2.24, 2.45) is 4.99 Å². The minimum absolute atomic E-state index is 0.146. The van der Waals surface area contributed by atoms with Crippen molar-refractivity contribution >= 4 is 29.5 Å². The summed E-state index contributed by atoms with van der Waals surface area (Å²) in [4.78, 5) is 27.2. The number of ether oxygens (including phenoxy) is 1. The summed E-state index contributed by atoms with van der Waals surface area (Å²) in [5.41, 5.74) is 2.61. The number of amides is 1. The first-order valence-corrected chi connectivity index (χ1v) is 7.74. The lowest BCUT2D eigenvalue weighted by Crippen LogP contribution is -2.07. The van der Waals surface area contributed by atoms with Crippen LogP contribution in [0.2, 0.25) is 0 Å². The van der Waals surface area contributed by atoms with Gasteiger partial charge in [-0.2, -0.15) is 0 Å². The monoisotopic (exact) mass is 332 g/mol. The van der Waals surface area contributed by atoms with Crippen LogP contribution < -0.4 is 5.32 Å². The first kappa shape index (κ1) is 16.4. The van der Waals surface area contributed by atoms with Crippen molar-refractivity contribution in [2.75, 3.05) is 5.32 Å². The van der Waals surface area contributed by atoms with E-state index in [9.17, 15) is 9.59 Å². The molecule has 0 saturated heterocycles. The van der Waals surface area contributed by atoms with E-state index < -0.39 is 5.97 Å². The predicted octanol–water partition coefficient (Wildman–Crippen LogP) is 3.55. The van der Waals surface area contributed by atoms with Crippen LogP contribution in [-0.4, -0.2) is 17.8 Å². The summed E-state index contributed by atoms with van der Waals surface area (Å²) in [6.07, 6.45) is 5.27. The van der Waals surface area contributed by atoms with Crippen molar-refractivity contribution < 1.29 is 14.3 Å². The second kappa shape index (κ2) is 7.40. The van der Waals surface area contributed by atoms with Crippen LogP contribution in [-0.2, 0) is 14.3 Å². The van der Waals surface area contributed by atoms with Gasteiger partial charge in [0.15, 0.2) is 5.70 Å². The minimum atomic E-state index is -0.487. The lowest BCUT2D eigenvalue weighted by atomic mass is 10.2. The van der Waals surface area contributed by atoms with E-state index in [-0.39, 0.29) is 17.5 Å². The largest absolute Gasteiger partial charge is 0.402 e. The van der Waals surface area contributed by atoms with Gasteiger partial charge in [0, 0.05) is 18.2 Å². The van der Waals surface area contributed by atoms with Gasteiger partial charge in [0.05, 0.1) is 0 Å². The molecule has 1 aliphatic heterocycles. The van der Waals surface area contributed by atoms with Gasteiger partial charge in [0.25, 0.3) is 0 Å². The second-order valence-corrected chi connectivity index (χ2v) is 5.39. The zero-order valence-corrected chi connectivity index (χ0v) is 13.6. The number of nitrogens with zero attached hydrogens (tertiary/aromatic N) is 1. The number of nitrogens with one attached hydrogen (secondary N) is 1. The lowest BCUT2D eigenvalue weighted by Gasteiger charge is -2.03. The van der Waals surface area contributed by atoms with Crippen LogP contribution in [0.3, 0.4) is 0 Å². The molecule has 0 bridgehead atoms. The fraction of sp³-hybridized carbons (Fsp3) is 0.0500. The highest BCUT2D eigenvalue weighted by molar-refractivity contribution is 6.11. The maximum atomic E-state index is 11.9. The molecule has 5 nitrogen and oxygen atoms in total. The van der Waals surface area contributed by atoms with Gasteiger partial charge < -0.3 is 10.1 Å². The van der Waals surface area contributed by atoms with Crippen LogP contribution >= 0.6 is 0 Å². The Morgan fingerprint density at radius 3 is 2.48 bits per heavy atom. The molecule has 5 heteroatoms. The number of anilines is 1. The summed E-state index contributed by atoms with van der Waals surface area (Å²) in [7, 11) is 0. The highest BCUT2D eigenvalue weighted by atomic mass is 16.6. The molecule has 0 aromatic heterocycles. The van der Waals surface area contributed by atoms with Crippen LogP contribution in [0.1, 0.15) is 18.1 Å². The van der Waals surface area contributed by atoms with E-state index in [1.54, 1.807) is 36.4 Å². The van der Waals surface area contributed by atoms with E-state index in [1.807, 2.05) is 36.4 Å². The molecule has 0 fully saturated rings. The fourth-order valence-corrected chi connectivity index (χ4v) is 2.26. The van der Waals surface area contributed by atoms with E-state index in [1.165, 1.54) is 6.92 Å². The summed E-state index contributed by atoms with van der Waals surface area (Å²) in [6.45, 7) is 1.44. The van der Waals surface area contributed by atoms with Crippen molar-refractivity contribution in [2.45, 2.75) is 6.92 Å². The SMILES string of the molecule is CC(=O)Nc1ccc(C2=NC(=CC=Cc3ccccc3)C(=O)O2)cc1. The molecule has 124 valence electrons. The van der Waals surface area contributed by atoms with Crippen LogP contribution in [0.5, 0.6) is 0 Å². The maximum absolute atomic E-state index is 11.9. The van der Waals surface area contributed by atoms with Crippen LogP contribution in [0.4, 0.5) is 5.69 Å². The Labute approximate surface area is 145 Å². The molecular formula is C20H16N2O3. The summed E-state index contributed by atoms with van der Waals surface area (Å²) in [5, 5.41) is 2.68. The third-order valence-electron chi connectivity index (χ3n) is 3.42. The normalized spacial score (nSPS) is 15.3. The standard InChI is InChI=1S/C20H16N2O3/c1-14(23)21-17-12-10-16(11-13-17)19-22-18(20(24)25-19)9-5-8-15-6-3-2-4-7-15/h2-13H,1H3,(H,21,23). The van der Waals surface area contributed by atoms with E-state index in [0.717, 1.165) is 5.56 Å². The molecule has 0 atom stereocenters. The van der Waals surface area contributed by atoms with Crippen molar-refractivity contribution in [3.63, 3.8) is 0 Å². The predicted molar refractivity (Wildman–Crippen MR) is 96.9 cm³/mol. The van der Waals surface area contributed by atoms with Crippen molar-refractivity contribution in [3.8, 4) is 0 Å². The molecule has 2 aromatic carbocycles. The van der Waals surface area contributed by atoms with Gasteiger partial charge in [-0.05, 0) is 35.9 Å². The van der Waals surface area contributed by atoms with Crippen LogP contribution in [0.15, 0.2) is 77.4 Å². The van der Waals surface area contributed by atoms with Gasteiger partial charge in [-0.25, -0.2) is 9.79 Å². The van der Waals surface area contributed by atoms with E-state index in [0.29, 0.717) is 11.3 Å². The lowest BCUT2D eigenvalue weighted by molar-refractivity contribution is -0.130. The van der Waals surface area contributed by atoms with Crippen LogP contribution in [0, 0.1) is 0 Å². The van der Waals surface area contributed by atoms with Crippen molar-refractivity contribution in [3.05, 3.63) is 83.6 Å². The van der Waals surface area contributed by atoms with Gasteiger partial charge >= 0.3 is 5.97 Å². The highest BCUT2D eigenvalue weighted by Gasteiger charge is 2.23. The summed E-state index contributed by atoms with van der Waals surface area (Å²) < 4.78 is 5.21. The molecule has 0 spiro atoms. The molecule has 0 unspecified atom stereocenters. The smallest absolute Gasteiger partial charge is 0.363 e. The maximum Gasteiger partial charge on any atom is 0.363 e. The minimum Gasteiger partial charge on any atom is -0.402 e. The molecule has 0 saturated carbocycles. The number of carbonyl (C=O) groups excluding carboxylic acids is 2. The Hall–Kier alpha value is -3.47. The highest BCUT2D eigenvalue weighted by Crippen LogP contribution is 2.18. The number of cyclic esters (lactones) is 1. The van der Waals surface area contributed by atoms with Gasteiger partial charge in [0.1, 0.15) is 0 Å². The second-order valence-electron chi connectivity index (χ2n) is 5.39. The van der Waals surface area contributed by atoms with E-state index in [4.69, 9.17) is 4.74 Å².